The molecule has 0 radical (unpaired) electrons. The maximum Gasteiger partial charge on any atom is 0.312 e. The number of carbonyl (C=O) groups is 1. The van der Waals surface area contributed by atoms with Crippen LogP contribution >= 0.6 is 15.9 Å². The molecule has 1 aliphatic heterocycles. The molecule has 2 heterocycles. The monoisotopic (exact) mass is 409 g/mol. The number of nitrogens with zero attached hydrogens (tertiary/aromatic N) is 1. The summed E-state index contributed by atoms with van der Waals surface area (Å²) in [5, 5.41) is 3.19. The average Bonchev–Trinajstić information content (AvgIpc) is 3.15. The molecule has 7 heteroatoms. The number of rotatable bonds is 3. The van der Waals surface area contributed by atoms with Gasteiger partial charge in [0.25, 0.3) is 0 Å². The van der Waals surface area contributed by atoms with E-state index in [2.05, 4.69) is 31.2 Å². The molecule has 2 aromatic rings. The van der Waals surface area contributed by atoms with Gasteiger partial charge < -0.3 is 9.72 Å². The van der Waals surface area contributed by atoms with E-state index in [4.69, 9.17) is 4.74 Å². The summed E-state index contributed by atoms with van der Waals surface area (Å²) in [5.41, 5.74) is 0.493. The van der Waals surface area contributed by atoms with Crippen LogP contribution in [0.4, 0.5) is 4.39 Å². The van der Waals surface area contributed by atoms with Crippen LogP contribution in [-0.2, 0) is 9.53 Å². The second kappa shape index (κ2) is 6.88. The van der Waals surface area contributed by atoms with Crippen LogP contribution in [0.5, 0.6) is 0 Å². The van der Waals surface area contributed by atoms with Crippen molar-refractivity contribution in [2.24, 2.45) is 5.41 Å². The van der Waals surface area contributed by atoms with Crippen LogP contribution in [0.15, 0.2) is 28.9 Å². The topological polar surface area (TPSA) is 67.0 Å². The molecular weight excluding hydrogens is 389 g/mol. The number of aromatic amines is 1. The number of nitrogens with one attached hydrogen (secondary N) is 2. The molecule has 5 nitrogen and oxygen atoms in total. The van der Waals surface area contributed by atoms with Crippen LogP contribution in [0, 0.1) is 11.2 Å². The van der Waals surface area contributed by atoms with Crippen molar-refractivity contribution in [3.05, 3.63) is 40.5 Å². The van der Waals surface area contributed by atoms with Crippen LogP contribution in [0.2, 0.25) is 0 Å². The second-order valence-corrected chi connectivity index (χ2v) is 8.15. The largest absolute Gasteiger partial charge is 0.445 e. The van der Waals surface area contributed by atoms with Crippen molar-refractivity contribution < 1.29 is 13.9 Å². The number of benzene rings is 1. The molecule has 134 valence electrons. The summed E-state index contributed by atoms with van der Waals surface area (Å²) in [4.78, 5) is 19.7. The van der Waals surface area contributed by atoms with Crippen molar-refractivity contribution in [3.63, 3.8) is 0 Å². The summed E-state index contributed by atoms with van der Waals surface area (Å²) in [5.74, 6) is 0.0139. The molecule has 1 saturated heterocycles. The molecule has 2 atom stereocenters. The van der Waals surface area contributed by atoms with E-state index >= 15 is 0 Å². The van der Waals surface area contributed by atoms with Crippen molar-refractivity contribution in [1.29, 1.82) is 0 Å². The highest BCUT2D eigenvalue weighted by atomic mass is 79.9. The van der Waals surface area contributed by atoms with Crippen LogP contribution in [0.1, 0.15) is 38.9 Å². The summed E-state index contributed by atoms with van der Waals surface area (Å²) < 4.78 is 20.4. The van der Waals surface area contributed by atoms with Gasteiger partial charge in [-0.2, -0.15) is 0 Å². The Morgan fingerprint density at radius 2 is 2.16 bits per heavy atom. The zero-order valence-corrected chi connectivity index (χ0v) is 16.0. The Morgan fingerprint density at radius 1 is 1.40 bits per heavy atom. The number of hydrogen-bond donors (Lipinski definition) is 2. The van der Waals surface area contributed by atoms with Crippen molar-refractivity contribution in [2.75, 3.05) is 6.54 Å². The number of H-pyrrole nitrogens is 1. The van der Waals surface area contributed by atoms with E-state index in [9.17, 15) is 9.18 Å². The van der Waals surface area contributed by atoms with E-state index in [-0.39, 0.29) is 17.7 Å². The number of esters is 1. The average molecular weight is 410 g/mol. The fourth-order valence-corrected chi connectivity index (χ4v) is 3.07. The lowest BCUT2D eigenvalue weighted by molar-refractivity contribution is -0.160. The molecule has 1 aromatic heterocycles. The Balaban J connectivity index is 1.80. The summed E-state index contributed by atoms with van der Waals surface area (Å²) in [6.07, 6.45) is 1.97. The van der Waals surface area contributed by atoms with E-state index in [1.54, 1.807) is 18.3 Å². The van der Waals surface area contributed by atoms with Crippen LogP contribution in [-0.4, -0.2) is 28.7 Å². The third-order valence-electron chi connectivity index (χ3n) is 4.18. The quantitative estimate of drug-likeness (QED) is 0.752. The maximum absolute atomic E-state index is 14.1. The first-order chi connectivity index (χ1) is 11.8. The summed E-state index contributed by atoms with van der Waals surface area (Å²) in [6, 6.07) is 4.89. The zero-order valence-electron chi connectivity index (χ0n) is 14.4. The Morgan fingerprint density at radius 3 is 2.84 bits per heavy atom. The SMILES string of the molecule is CC(C)(C)C(=O)OC1NCC[C@H]1c1ncc(-c2ccc(Br)cc2F)[nH]1. The highest BCUT2D eigenvalue weighted by molar-refractivity contribution is 9.10. The van der Waals surface area contributed by atoms with Gasteiger partial charge in [0.1, 0.15) is 11.6 Å². The molecule has 0 amide bonds. The van der Waals surface area contributed by atoms with Gasteiger partial charge in [-0.25, -0.2) is 9.37 Å². The maximum atomic E-state index is 14.1. The molecule has 0 spiro atoms. The van der Waals surface area contributed by atoms with Crippen molar-refractivity contribution in [2.45, 2.75) is 39.3 Å². The summed E-state index contributed by atoms with van der Waals surface area (Å²) in [6.45, 7) is 6.19. The predicted octanol–water partition coefficient (Wildman–Crippen LogP) is 3.97. The molecule has 1 aromatic carbocycles. The first-order valence-corrected chi connectivity index (χ1v) is 9.00. The smallest absolute Gasteiger partial charge is 0.312 e. The van der Waals surface area contributed by atoms with Gasteiger partial charge in [0, 0.05) is 10.0 Å². The third kappa shape index (κ3) is 3.93. The standard InChI is InChI=1S/C18H21BrFN3O2/c1-18(2,3)17(24)25-16-12(6-7-21-16)15-22-9-14(23-15)11-5-4-10(19)8-13(11)20/h4-5,8-9,12,16,21H,6-7H2,1-3H3,(H,22,23)/t12-,16?/m0/s1. The van der Waals surface area contributed by atoms with Crippen LogP contribution in [0.25, 0.3) is 11.3 Å². The number of hydrogen-bond acceptors (Lipinski definition) is 4. The van der Waals surface area contributed by atoms with E-state index in [1.807, 2.05) is 20.8 Å². The number of imidazole rings is 1. The molecule has 0 saturated carbocycles. The van der Waals surface area contributed by atoms with Crippen molar-refractivity contribution in [1.82, 2.24) is 15.3 Å². The minimum absolute atomic E-state index is 0.0847. The number of carbonyl (C=O) groups excluding carboxylic acids is 1. The minimum atomic E-state index is -0.566. The molecule has 1 aliphatic rings. The summed E-state index contributed by atoms with van der Waals surface area (Å²) >= 11 is 3.25. The van der Waals surface area contributed by atoms with E-state index in [0.29, 0.717) is 21.6 Å². The molecule has 0 aliphatic carbocycles. The highest BCUT2D eigenvalue weighted by Crippen LogP contribution is 2.31. The zero-order chi connectivity index (χ0) is 18.2. The first kappa shape index (κ1) is 18.1. The number of ether oxygens (including phenoxy) is 1. The second-order valence-electron chi connectivity index (χ2n) is 7.23. The molecule has 0 bridgehead atoms. The Bertz CT molecular complexity index is 785. The fraction of sp³-hybridized carbons (Fsp3) is 0.444. The first-order valence-electron chi connectivity index (χ1n) is 8.20. The summed E-state index contributed by atoms with van der Waals surface area (Å²) in [7, 11) is 0. The van der Waals surface area contributed by atoms with Gasteiger partial charge in [-0.3, -0.25) is 10.1 Å². The lowest BCUT2D eigenvalue weighted by Gasteiger charge is -2.23. The minimum Gasteiger partial charge on any atom is -0.445 e. The van der Waals surface area contributed by atoms with Gasteiger partial charge in [-0.15, -0.1) is 0 Å². The van der Waals surface area contributed by atoms with Gasteiger partial charge in [-0.1, -0.05) is 15.9 Å². The molecular formula is C18H21BrFN3O2. The fourth-order valence-electron chi connectivity index (χ4n) is 2.74. The molecule has 3 rings (SSSR count). The van der Waals surface area contributed by atoms with Crippen molar-refractivity contribution >= 4 is 21.9 Å². The van der Waals surface area contributed by atoms with Gasteiger partial charge in [-0.05, 0) is 51.9 Å². The number of aromatic nitrogens is 2. The normalized spacial score (nSPS) is 20.7. The number of halogens is 2. The van der Waals surface area contributed by atoms with Crippen LogP contribution < -0.4 is 5.32 Å². The van der Waals surface area contributed by atoms with E-state index in [0.717, 1.165) is 13.0 Å². The van der Waals surface area contributed by atoms with E-state index in [1.165, 1.54) is 6.07 Å². The highest BCUT2D eigenvalue weighted by Gasteiger charge is 2.36. The molecule has 1 fully saturated rings. The van der Waals surface area contributed by atoms with E-state index < -0.39 is 11.6 Å². The predicted molar refractivity (Wildman–Crippen MR) is 96.4 cm³/mol. The van der Waals surface area contributed by atoms with Gasteiger partial charge in [0.05, 0.1) is 23.2 Å². The lowest BCUT2D eigenvalue weighted by atomic mass is 9.97. The Hall–Kier alpha value is -1.73. The molecule has 2 N–H and O–H groups in total. The van der Waals surface area contributed by atoms with Crippen molar-refractivity contribution in [3.8, 4) is 11.3 Å². The Labute approximate surface area is 154 Å². The van der Waals surface area contributed by atoms with Gasteiger partial charge in [0.15, 0.2) is 6.23 Å². The Kier molecular flexibility index (Phi) is 4.97. The molecule has 25 heavy (non-hydrogen) atoms. The molecule has 1 unspecified atom stereocenters. The lowest BCUT2D eigenvalue weighted by Crippen LogP contribution is -2.36. The third-order valence-corrected chi connectivity index (χ3v) is 4.67. The van der Waals surface area contributed by atoms with Crippen LogP contribution in [0.3, 0.4) is 0 Å². The van der Waals surface area contributed by atoms with Gasteiger partial charge >= 0.3 is 5.97 Å². The van der Waals surface area contributed by atoms with Gasteiger partial charge in [0.2, 0.25) is 0 Å².